The molecule has 0 fully saturated rings. The van der Waals surface area contributed by atoms with E-state index >= 15 is 0 Å². The number of Topliss-reactive ketones (excluding diaryl/α,β-unsaturated/α-hetero) is 1. The lowest BCUT2D eigenvalue weighted by Crippen LogP contribution is -2.17. The number of carbonyl (C=O) groups excluding carboxylic acids is 2. The van der Waals surface area contributed by atoms with E-state index in [-0.39, 0.29) is 11.5 Å². The molecule has 2 N–H and O–H groups in total. The van der Waals surface area contributed by atoms with Crippen LogP contribution in [-0.2, 0) is 0 Å². The van der Waals surface area contributed by atoms with Crippen LogP contribution in [0.15, 0.2) is 54.7 Å². The molecule has 1 aromatic heterocycles. The van der Waals surface area contributed by atoms with Crippen LogP contribution >= 0.6 is 11.6 Å². The second kappa shape index (κ2) is 8.16. The lowest BCUT2D eigenvalue weighted by molar-refractivity contribution is 0.0931. The zero-order valence-corrected chi connectivity index (χ0v) is 17.0. The van der Waals surface area contributed by atoms with Gasteiger partial charge in [0.15, 0.2) is 11.9 Å². The molecule has 0 radical (unpaired) electrons. The molecule has 0 saturated carbocycles. The molecule has 1 atom stereocenters. The Kier molecular flexibility index (Phi) is 5.42. The van der Waals surface area contributed by atoms with Crippen molar-refractivity contribution in [2.75, 3.05) is 6.61 Å². The standard InChI is InChI=1S/C23H19ClN2O4/c1-13-20(9-7-17-19(27)10-11-29-21(13)17)30-22(14-2-5-16(24)6-3-14)15-4-8-18(23(25)28)26-12-15/h2-9,12,22H,10-11H2,1H3,(H2,25,28)/t22-/m1/s1. The quantitative estimate of drug-likeness (QED) is 0.662. The van der Waals surface area contributed by atoms with Crippen molar-refractivity contribution in [3.63, 3.8) is 0 Å². The predicted octanol–water partition coefficient (Wildman–Crippen LogP) is 4.28. The fourth-order valence-electron chi connectivity index (χ4n) is 3.39. The maximum Gasteiger partial charge on any atom is 0.267 e. The van der Waals surface area contributed by atoms with Crippen molar-refractivity contribution in [2.24, 2.45) is 5.73 Å². The molecule has 0 unspecified atom stereocenters. The molecule has 1 aliphatic rings. The molecule has 2 heterocycles. The van der Waals surface area contributed by atoms with Gasteiger partial charge in [0.25, 0.3) is 5.91 Å². The molecular weight excluding hydrogens is 404 g/mol. The number of nitrogens with zero attached hydrogens (tertiary/aromatic N) is 1. The third-order valence-electron chi connectivity index (χ3n) is 4.99. The van der Waals surface area contributed by atoms with Crippen LogP contribution in [0.4, 0.5) is 0 Å². The smallest absolute Gasteiger partial charge is 0.267 e. The van der Waals surface area contributed by atoms with Gasteiger partial charge in [0, 0.05) is 28.8 Å². The highest BCUT2D eigenvalue weighted by molar-refractivity contribution is 6.30. The number of halogens is 1. The number of nitrogens with two attached hydrogens (primary N) is 1. The number of ether oxygens (including phenoxy) is 2. The molecule has 4 rings (SSSR count). The van der Waals surface area contributed by atoms with Crippen molar-refractivity contribution in [2.45, 2.75) is 19.4 Å². The van der Waals surface area contributed by atoms with E-state index in [4.69, 9.17) is 26.8 Å². The van der Waals surface area contributed by atoms with Gasteiger partial charge in [0.2, 0.25) is 0 Å². The first-order valence-electron chi connectivity index (χ1n) is 9.41. The largest absolute Gasteiger partial charge is 0.492 e. The Morgan fingerprint density at radius 2 is 1.87 bits per heavy atom. The third-order valence-corrected chi connectivity index (χ3v) is 5.24. The van der Waals surface area contributed by atoms with E-state index in [2.05, 4.69) is 4.98 Å². The molecule has 7 heteroatoms. The summed E-state index contributed by atoms with van der Waals surface area (Å²) in [7, 11) is 0. The molecular formula is C23H19ClN2O4. The predicted molar refractivity (Wildman–Crippen MR) is 112 cm³/mol. The van der Waals surface area contributed by atoms with Gasteiger partial charge in [-0.3, -0.25) is 14.6 Å². The molecule has 1 amide bonds. The highest BCUT2D eigenvalue weighted by Gasteiger charge is 2.24. The summed E-state index contributed by atoms with van der Waals surface area (Å²) in [5.74, 6) is 0.604. The van der Waals surface area contributed by atoms with E-state index in [0.29, 0.717) is 35.1 Å². The Bertz CT molecular complexity index is 1110. The summed E-state index contributed by atoms with van der Waals surface area (Å²) in [6, 6.07) is 14.1. The van der Waals surface area contributed by atoms with Gasteiger partial charge in [-0.05, 0) is 42.8 Å². The topological polar surface area (TPSA) is 91.5 Å². The zero-order valence-electron chi connectivity index (χ0n) is 16.2. The molecule has 30 heavy (non-hydrogen) atoms. The first-order chi connectivity index (χ1) is 14.4. The van der Waals surface area contributed by atoms with Crippen LogP contribution < -0.4 is 15.2 Å². The maximum absolute atomic E-state index is 12.2. The number of benzene rings is 2. The second-order valence-corrected chi connectivity index (χ2v) is 7.41. The number of ketones is 1. The fourth-order valence-corrected chi connectivity index (χ4v) is 3.51. The Labute approximate surface area is 178 Å². The van der Waals surface area contributed by atoms with Gasteiger partial charge in [-0.25, -0.2) is 0 Å². The summed E-state index contributed by atoms with van der Waals surface area (Å²) in [6.07, 6.45) is 1.41. The fraction of sp³-hybridized carbons (Fsp3) is 0.174. The molecule has 0 saturated heterocycles. The van der Waals surface area contributed by atoms with E-state index in [9.17, 15) is 9.59 Å². The molecule has 2 aromatic carbocycles. The lowest BCUT2D eigenvalue weighted by atomic mass is 10.00. The molecule has 0 aliphatic carbocycles. The van der Waals surface area contributed by atoms with Crippen LogP contribution in [0.3, 0.4) is 0 Å². The van der Waals surface area contributed by atoms with E-state index in [1.54, 1.807) is 42.6 Å². The number of primary amides is 1. The van der Waals surface area contributed by atoms with Crippen molar-refractivity contribution < 1.29 is 19.1 Å². The summed E-state index contributed by atoms with van der Waals surface area (Å²) >= 11 is 6.04. The SMILES string of the molecule is Cc1c(O[C@H](c2ccc(Cl)cc2)c2ccc(C(N)=O)nc2)ccc2c1OCCC2=O. The summed E-state index contributed by atoms with van der Waals surface area (Å²) in [6.45, 7) is 2.22. The van der Waals surface area contributed by atoms with Crippen molar-refractivity contribution >= 4 is 23.3 Å². The summed E-state index contributed by atoms with van der Waals surface area (Å²) < 4.78 is 12.1. The van der Waals surface area contributed by atoms with Crippen LogP contribution in [0.5, 0.6) is 11.5 Å². The first-order valence-corrected chi connectivity index (χ1v) is 9.79. The van der Waals surface area contributed by atoms with Crippen LogP contribution in [-0.4, -0.2) is 23.3 Å². The number of amides is 1. The Balaban J connectivity index is 1.74. The number of fused-ring (bicyclic) bond motifs is 1. The van der Waals surface area contributed by atoms with Gasteiger partial charge in [-0.15, -0.1) is 0 Å². The zero-order chi connectivity index (χ0) is 21.3. The van der Waals surface area contributed by atoms with Crippen molar-refractivity contribution in [1.29, 1.82) is 0 Å². The molecule has 3 aromatic rings. The lowest BCUT2D eigenvalue weighted by Gasteiger charge is -2.24. The van der Waals surface area contributed by atoms with E-state index in [0.717, 1.165) is 16.7 Å². The van der Waals surface area contributed by atoms with Gasteiger partial charge in [-0.1, -0.05) is 29.8 Å². The van der Waals surface area contributed by atoms with Crippen molar-refractivity contribution in [1.82, 2.24) is 4.98 Å². The molecule has 152 valence electrons. The summed E-state index contributed by atoms with van der Waals surface area (Å²) in [5, 5.41) is 0.608. The molecule has 0 bridgehead atoms. The van der Waals surface area contributed by atoms with Gasteiger partial charge in [-0.2, -0.15) is 0 Å². The minimum absolute atomic E-state index is 0.0615. The number of carbonyl (C=O) groups is 2. The average molecular weight is 423 g/mol. The number of hydrogen-bond donors (Lipinski definition) is 1. The first kappa shape index (κ1) is 19.9. The number of aromatic nitrogens is 1. The number of pyridine rings is 1. The van der Waals surface area contributed by atoms with Gasteiger partial charge < -0.3 is 15.2 Å². The highest BCUT2D eigenvalue weighted by atomic mass is 35.5. The Hall–Kier alpha value is -3.38. The van der Waals surface area contributed by atoms with Gasteiger partial charge >= 0.3 is 0 Å². The number of rotatable bonds is 5. The van der Waals surface area contributed by atoms with E-state index in [1.165, 1.54) is 0 Å². The van der Waals surface area contributed by atoms with Crippen LogP contribution in [0.25, 0.3) is 0 Å². The molecule has 0 spiro atoms. The second-order valence-electron chi connectivity index (χ2n) is 6.98. The molecule has 6 nitrogen and oxygen atoms in total. The molecule has 1 aliphatic heterocycles. The van der Waals surface area contributed by atoms with E-state index in [1.807, 2.05) is 19.1 Å². The van der Waals surface area contributed by atoms with Crippen molar-refractivity contribution in [3.05, 3.63) is 87.7 Å². The Morgan fingerprint density at radius 1 is 1.13 bits per heavy atom. The third kappa shape index (κ3) is 3.86. The highest BCUT2D eigenvalue weighted by Crippen LogP contribution is 2.38. The minimum Gasteiger partial charge on any atom is -0.492 e. The van der Waals surface area contributed by atoms with Crippen LogP contribution in [0, 0.1) is 6.92 Å². The van der Waals surface area contributed by atoms with E-state index < -0.39 is 12.0 Å². The Morgan fingerprint density at radius 3 is 2.53 bits per heavy atom. The van der Waals surface area contributed by atoms with Gasteiger partial charge in [0.05, 0.1) is 12.2 Å². The number of hydrogen-bond acceptors (Lipinski definition) is 5. The summed E-state index contributed by atoms with van der Waals surface area (Å²) in [5.41, 5.74) is 8.37. The van der Waals surface area contributed by atoms with Crippen LogP contribution in [0.2, 0.25) is 5.02 Å². The monoisotopic (exact) mass is 422 g/mol. The summed E-state index contributed by atoms with van der Waals surface area (Å²) in [4.78, 5) is 27.7. The van der Waals surface area contributed by atoms with Gasteiger partial charge in [0.1, 0.15) is 17.2 Å². The van der Waals surface area contributed by atoms with Crippen LogP contribution in [0.1, 0.15) is 50.1 Å². The average Bonchev–Trinajstić information content (AvgIpc) is 2.75. The normalized spacial score (nSPS) is 13.9. The maximum atomic E-state index is 12.2. The minimum atomic E-state index is -0.599. The van der Waals surface area contributed by atoms with Crippen molar-refractivity contribution in [3.8, 4) is 11.5 Å².